The Morgan fingerprint density at radius 2 is 1.02 bits per heavy atom. The molecule has 0 radical (unpaired) electrons. The van der Waals surface area contributed by atoms with Gasteiger partial charge in [0.25, 0.3) is 0 Å². The summed E-state index contributed by atoms with van der Waals surface area (Å²) >= 11 is 0. The first-order valence-electron chi connectivity index (χ1n) is 28.6. The lowest BCUT2D eigenvalue weighted by atomic mass is 9.74. The van der Waals surface area contributed by atoms with E-state index >= 15 is 0 Å². The lowest BCUT2D eigenvalue weighted by molar-refractivity contribution is 0.579. The van der Waals surface area contributed by atoms with E-state index in [2.05, 4.69) is 250 Å². The first-order chi connectivity index (χ1) is 39.3. The molecule has 0 bridgehead atoms. The second kappa shape index (κ2) is 15.9. The van der Waals surface area contributed by atoms with Crippen LogP contribution in [0.15, 0.2) is 219 Å². The summed E-state index contributed by atoms with van der Waals surface area (Å²) in [4.78, 5) is 11.1. The molecule has 2 unspecified atom stereocenters. The van der Waals surface area contributed by atoms with Gasteiger partial charge in [0.15, 0.2) is 0 Å². The largest absolute Gasteiger partial charge is 0.278 e. The predicted molar refractivity (Wildman–Crippen MR) is 334 cm³/mol. The van der Waals surface area contributed by atoms with Gasteiger partial charge in [-0.3, -0.25) is 4.57 Å². The molecule has 0 aliphatic heterocycles. The highest BCUT2D eigenvalue weighted by Gasteiger charge is 2.43. The van der Waals surface area contributed by atoms with Gasteiger partial charge in [-0.2, -0.15) is 0 Å². The SMILES string of the molecule is CC1(C)c2ccc(C3c4ccccc4-c4ccc(CC5(C)c6cc7c8c(c9ccccc9c7cc6-c6nc(-n7c9ccccc9c9ccccc97)ncc65)CCC=C8)cc43)cc2-c2cc3c4ccccc4c4ccccc4c3cc21. The molecule has 2 aromatic heterocycles. The Hall–Kier alpha value is -9.44. The van der Waals surface area contributed by atoms with Gasteiger partial charge < -0.3 is 0 Å². The Bertz CT molecular complexity index is 5110. The molecule has 14 aromatic rings. The number of benzene rings is 12. The normalized spacial score (nSPS) is 17.1. The maximum Gasteiger partial charge on any atom is 0.235 e. The zero-order chi connectivity index (χ0) is 52.8. The molecule has 376 valence electrons. The second-order valence-corrected chi connectivity index (χ2v) is 24.0. The van der Waals surface area contributed by atoms with Crippen LogP contribution in [0.2, 0.25) is 0 Å². The highest BCUT2D eigenvalue weighted by Crippen LogP contribution is 2.57. The molecule has 3 nitrogen and oxygen atoms in total. The van der Waals surface area contributed by atoms with Crippen molar-refractivity contribution < 1.29 is 0 Å². The number of hydrogen-bond donors (Lipinski definition) is 0. The van der Waals surface area contributed by atoms with Gasteiger partial charge in [0.2, 0.25) is 5.95 Å². The van der Waals surface area contributed by atoms with Crippen molar-refractivity contribution in [3.8, 4) is 39.5 Å². The van der Waals surface area contributed by atoms with Crippen LogP contribution >= 0.6 is 0 Å². The molecule has 4 aliphatic rings. The molecule has 0 fully saturated rings. The van der Waals surface area contributed by atoms with E-state index in [0.29, 0.717) is 5.95 Å². The van der Waals surface area contributed by atoms with Crippen LogP contribution in [0.5, 0.6) is 0 Å². The lowest BCUT2D eigenvalue weighted by Crippen LogP contribution is -2.24. The molecule has 18 rings (SSSR count). The molecular weight excluding hydrogens is 967 g/mol. The summed E-state index contributed by atoms with van der Waals surface area (Å²) in [5.41, 5.74) is 22.7. The van der Waals surface area contributed by atoms with Gasteiger partial charge in [-0.15, -0.1) is 0 Å². The summed E-state index contributed by atoms with van der Waals surface area (Å²) in [6, 6.07) is 78.4. The van der Waals surface area contributed by atoms with Gasteiger partial charge in [-0.1, -0.05) is 197 Å². The summed E-state index contributed by atoms with van der Waals surface area (Å²) in [6.45, 7) is 7.31. The van der Waals surface area contributed by atoms with Crippen molar-refractivity contribution in [1.29, 1.82) is 0 Å². The molecule has 12 aromatic carbocycles. The van der Waals surface area contributed by atoms with E-state index < -0.39 is 5.41 Å². The molecule has 0 saturated heterocycles. The van der Waals surface area contributed by atoms with E-state index in [-0.39, 0.29) is 11.3 Å². The van der Waals surface area contributed by atoms with Crippen LogP contribution in [-0.4, -0.2) is 14.5 Å². The van der Waals surface area contributed by atoms with E-state index in [1.54, 1.807) is 0 Å². The molecular formula is C77H53N3. The number of fused-ring (bicyclic) bond motifs is 24. The number of hydrogen-bond acceptors (Lipinski definition) is 2. The number of aromatic nitrogens is 3. The van der Waals surface area contributed by atoms with Gasteiger partial charge in [0.1, 0.15) is 0 Å². The van der Waals surface area contributed by atoms with E-state index in [1.807, 2.05) is 0 Å². The van der Waals surface area contributed by atoms with E-state index in [0.717, 1.165) is 36.0 Å². The highest BCUT2D eigenvalue weighted by atomic mass is 15.2. The van der Waals surface area contributed by atoms with Crippen LogP contribution in [0.1, 0.15) is 88.7 Å². The number of aryl methyl sites for hydroxylation is 1. The average molecular weight is 1020 g/mol. The van der Waals surface area contributed by atoms with Crippen molar-refractivity contribution in [2.24, 2.45) is 0 Å². The van der Waals surface area contributed by atoms with Crippen molar-refractivity contribution in [3.63, 3.8) is 0 Å². The van der Waals surface area contributed by atoms with Crippen LogP contribution in [0.25, 0.3) is 121 Å². The van der Waals surface area contributed by atoms with Crippen LogP contribution in [-0.2, 0) is 23.7 Å². The van der Waals surface area contributed by atoms with Gasteiger partial charge in [0, 0.05) is 44.8 Å². The molecule has 2 atom stereocenters. The van der Waals surface area contributed by atoms with Crippen molar-refractivity contribution >= 4 is 81.7 Å². The third-order valence-corrected chi connectivity index (χ3v) is 19.6. The van der Waals surface area contributed by atoms with Crippen LogP contribution in [0, 0.1) is 0 Å². The van der Waals surface area contributed by atoms with Crippen molar-refractivity contribution in [2.45, 2.75) is 56.8 Å². The van der Waals surface area contributed by atoms with Crippen LogP contribution in [0.4, 0.5) is 0 Å². The average Bonchev–Trinajstić information content (AvgIpc) is 4.33. The number of rotatable bonds is 4. The molecule has 4 aliphatic carbocycles. The monoisotopic (exact) mass is 1020 g/mol. The summed E-state index contributed by atoms with van der Waals surface area (Å²) in [6.07, 6.45) is 9.82. The molecule has 80 heavy (non-hydrogen) atoms. The van der Waals surface area contributed by atoms with Crippen molar-refractivity contribution in [1.82, 2.24) is 14.5 Å². The highest BCUT2D eigenvalue weighted by molar-refractivity contribution is 6.26. The Balaban J connectivity index is 0.813. The summed E-state index contributed by atoms with van der Waals surface area (Å²) < 4.78 is 2.26. The number of nitrogens with zero attached hydrogens (tertiary/aromatic N) is 3. The Labute approximate surface area is 464 Å². The Morgan fingerprint density at radius 3 is 1.76 bits per heavy atom. The molecule has 0 amide bonds. The maximum absolute atomic E-state index is 5.72. The molecule has 0 spiro atoms. The zero-order valence-corrected chi connectivity index (χ0v) is 44.9. The fourth-order valence-corrected chi connectivity index (χ4v) is 15.9. The Morgan fingerprint density at radius 1 is 0.450 bits per heavy atom. The molecule has 0 N–H and O–H groups in total. The topological polar surface area (TPSA) is 30.7 Å². The standard InChI is InChI=1S/C77H53N3/c1-76(2)67-35-33-45(37-63(67)64-38-59-51-23-8-4-18-46(51)48-20-6-10-25-53(48)61(59)40-68(64)76)73-58-29-13-12-22-50(58)55-34-32-44(36-65(55)73)42-77(3)69-41-62-54-26-11-7-21-49(54)47-19-5-9-24-52(47)60(62)39-66(69)74-70(77)43-78-75(79-74)80-71-30-16-14-27-56(71)57-28-15-17-31-72(57)80/h4-6,8-20,22-41,43,73H,7,21,42H2,1-3H3. The Kier molecular flexibility index (Phi) is 8.83. The first kappa shape index (κ1) is 44.5. The van der Waals surface area contributed by atoms with Crippen molar-refractivity contribution in [3.05, 3.63) is 274 Å². The maximum atomic E-state index is 5.72. The number of allylic oxidation sites excluding steroid dienone is 1. The van der Waals surface area contributed by atoms with Gasteiger partial charge in [0.05, 0.1) is 16.7 Å². The first-order valence-corrected chi connectivity index (χ1v) is 28.6. The molecule has 0 saturated carbocycles. The van der Waals surface area contributed by atoms with Gasteiger partial charge in [-0.05, 0) is 188 Å². The van der Waals surface area contributed by atoms with E-state index in [9.17, 15) is 0 Å². The third-order valence-electron chi connectivity index (χ3n) is 19.6. The quantitative estimate of drug-likeness (QED) is 0.165. The fourth-order valence-electron chi connectivity index (χ4n) is 15.9. The summed E-state index contributed by atoms with van der Waals surface area (Å²) in [5, 5.41) is 15.6. The van der Waals surface area contributed by atoms with Crippen molar-refractivity contribution in [2.75, 3.05) is 0 Å². The van der Waals surface area contributed by atoms with E-state index in [1.165, 1.54) is 148 Å². The minimum absolute atomic E-state index is 0.0763. The smallest absolute Gasteiger partial charge is 0.235 e. The van der Waals surface area contributed by atoms with E-state index in [4.69, 9.17) is 9.97 Å². The molecule has 3 heteroatoms. The van der Waals surface area contributed by atoms with Crippen LogP contribution in [0.3, 0.4) is 0 Å². The summed E-state index contributed by atoms with van der Waals surface area (Å²) in [5.74, 6) is 0.774. The minimum Gasteiger partial charge on any atom is -0.278 e. The number of para-hydroxylation sites is 2. The van der Waals surface area contributed by atoms with Gasteiger partial charge in [-0.25, -0.2) is 9.97 Å². The predicted octanol–water partition coefficient (Wildman–Crippen LogP) is 19.3. The second-order valence-electron chi connectivity index (χ2n) is 24.0. The third kappa shape index (κ3) is 5.84. The lowest BCUT2D eigenvalue weighted by Gasteiger charge is -2.28. The van der Waals surface area contributed by atoms with Gasteiger partial charge >= 0.3 is 0 Å². The zero-order valence-electron chi connectivity index (χ0n) is 44.9. The fraction of sp³-hybridized carbons (Fsp3) is 0.117. The minimum atomic E-state index is -0.439. The molecule has 2 heterocycles. The summed E-state index contributed by atoms with van der Waals surface area (Å²) in [7, 11) is 0. The van der Waals surface area contributed by atoms with Crippen LogP contribution < -0.4 is 0 Å².